The molecule has 2 heteroatoms. The molecule has 1 aliphatic heterocycles. The van der Waals surface area contributed by atoms with E-state index in [0.29, 0.717) is 23.6 Å². The van der Waals surface area contributed by atoms with Crippen LogP contribution in [0.2, 0.25) is 0 Å². The zero-order valence-electron chi connectivity index (χ0n) is 13.0. The molecule has 3 unspecified atom stereocenters. The summed E-state index contributed by atoms with van der Waals surface area (Å²) in [5.41, 5.74) is 0.327. The average Bonchev–Trinajstić information content (AvgIpc) is 2.45. The van der Waals surface area contributed by atoms with E-state index in [1.807, 2.05) is 0 Å². The Hall–Kier alpha value is -0.0800. The van der Waals surface area contributed by atoms with Crippen molar-refractivity contribution >= 4 is 0 Å². The highest BCUT2D eigenvalue weighted by Gasteiger charge is 2.58. The zero-order valence-corrected chi connectivity index (χ0v) is 13.0. The SMILES string of the molecule is C[C@@H](NC1C2CCCOC2C1(C)C)C1CCCCC1. The minimum Gasteiger partial charge on any atom is -0.377 e. The van der Waals surface area contributed by atoms with Gasteiger partial charge in [-0.15, -0.1) is 0 Å². The molecule has 0 aromatic rings. The number of hydrogen-bond acceptors (Lipinski definition) is 2. The maximum atomic E-state index is 6.01. The third-order valence-corrected chi connectivity index (χ3v) is 6.13. The van der Waals surface area contributed by atoms with Crippen molar-refractivity contribution in [3.8, 4) is 0 Å². The summed E-state index contributed by atoms with van der Waals surface area (Å²) in [5, 5.41) is 4.00. The lowest BCUT2D eigenvalue weighted by Crippen LogP contribution is -2.70. The molecule has 1 saturated heterocycles. The Morgan fingerprint density at radius 1 is 1.05 bits per heavy atom. The van der Waals surface area contributed by atoms with Gasteiger partial charge in [0.25, 0.3) is 0 Å². The normalized spacial score (nSPS) is 40.3. The van der Waals surface area contributed by atoms with E-state index in [9.17, 15) is 0 Å². The molecule has 3 fully saturated rings. The molecule has 19 heavy (non-hydrogen) atoms. The van der Waals surface area contributed by atoms with Crippen LogP contribution in [0.15, 0.2) is 0 Å². The highest BCUT2D eigenvalue weighted by Crippen LogP contribution is 2.51. The predicted octanol–water partition coefficient (Wildman–Crippen LogP) is 3.75. The van der Waals surface area contributed by atoms with E-state index in [4.69, 9.17) is 4.74 Å². The first-order chi connectivity index (χ1) is 9.10. The standard InChI is InChI=1S/C17H31NO/c1-12(13-8-5-4-6-9-13)18-15-14-10-7-11-19-16(14)17(15,2)3/h12-16,18H,4-11H2,1-3H3/t12-,14?,15?,16?/m1/s1. The van der Waals surface area contributed by atoms with Gasteiger partial charge >= 0.3 is 0 Å². The van der Waals surface area contributed by atoms with Crippen molar-refractivity contribution < 1.29 is 4.74 Å². The Morgan fingerprint density at radius 3 is 2.53 bits per heavy atom. The van der Waals surface area contributed by atoms with Crippen LogP contribution in [0.1, 0.15) is 65.7 Å². The Morgan fingerprint density at radius 2 is 1.79 bits per heavy atom. The van der Waals surface area contributed by atoms with Crippen LogP contribution in [0.4, 0.5) is 0 Å². The third-order valence-electron chi connectivity index (χ3n) is 6.13. The maximum absolute atomic E-state index is 6.01. The van der Waals surface area contributed by atoms with E-state index in [-0.39, 0.29) is 0 Å². The fourth-order valence-corrected chi connectivity index (χ4v) is 4.91. The van der Waals surface area contributed by atoms with E-state index in [2.05, 4.69) is 26.1 Å². The smallest absolute Gasteiger partial charge is 0.0684 e. The van der Waals surface area contributed by atoms with Gasteiger partial charge in [0.05, 0.1) is 6.10 Å². The first-order valence-corrected chi connectivity index (χ1v) is 8.48. The van der Waals surface area contributed by atoms with Gasteiger partial charge in [-0.25, -0.2) is 0 Å². The van der Waals surface area contributed by atoms with Crippen molar-refractivity contribution in [1.82, 2.24) is 5.32 Å². The molecule has 0 aromatic heterocycles. The first kappa shape index (κ1) is 13.9. The van der Waals surface area contributed by atoms with Gasteiger partial charge in [0.2, 0.25) is 0 Å². The molecule has 1 heterocycles. The van der Waals surface area contributed by atoms with Crippen molar-refractivity contribution in [2.45, 2.75) is 83.9 Å². The lowest BCUT2D eigenvalue weighted by Gasteiger charge is -2.61. The van der Waals surface area contributed by atoms with E-state index in [1.165, 1.54) is 44.9 Å². The molecule has 0 radical (unpaired) electrons. The van der Waals surface area contributed by atoms with Crippen LogP contribution >= 0.6 is 0 Å². The van der Waals surface area contributed by atoms with Crippen LogP contribution in [-0.2, 0) is 4.74 Å². The summed E-state index contributed by atoms with van der Waals surface area (Å²) in [5.74, 6) is 1.68. The van der Waals surface area contributed by atoms with Crippen molar-refractivity contribution in [2.24, 2.45) is 17.3 Å². The Labute approximate surface area is 118 Å². The fraction of sp³-hybridized carbons (Fsp3) is 1.00. The predicted molar refractivity (Wildman–Crippen MR) is 79.2 cm³/mol. The molecule has 1 N–H and O–H groups in total. The molecule has 0 spiro atoms. The summed E-state index contributed by atoms with van der Waals surface area (Å²) in [4.78, 5) is 0. The third kappa shape index (κ3) is 2.47. The minimum atomic E-state index is 0.327. The molecular weight excluding hydrogens is 234 g/mol. The Balaban J connectivity index is 1.59. The maximum Gasteiger partial charge on any atom is 0.0684 e. The summed E-state index contributed by atoms with van der Waals surface area (Å²) >= 11 is 0. The minimum absolute atomic E-state index is 0.327. The molecular formula is C17H31NO. The highest BCUT2D eigenvalue weighted by atomic mass is 16.5. The molecule has 3 rings (SSSR count). The topological polar surface area (TPSA) is 21.3 Å². The average molecular weight is 265 g/mol. The van der Waals surface area contributed by atoms with E-state index >= 15 is 0 Å². The van der Waals surface area contributed by atoms with Crippen LogP contribution in [0, 0.1) is 17.3 Å². The summed E-state index contributed by atoms with van der Waals surface area (Å²) in [7, 11) is 0. The molecule has 2 nitrogen and oxygen atoms in total. The van der Waals surface area contributed by atoms with Gasteiger partial charge in [-0.1, -0.05) is 33.1 Å². The lowest BCUT2D eigenvalue weighted by molar-refractivity contribution is -0.195. The molecule has 0 amide bonds. The van der Waals surface area contributed by atoms with E-state index < -0.39 is 0 Å². The van der Waals surface area contributed by atoms with E-state index in [1.54, 1.807) is 0 Å². The molecule has 0 bridgehead atoms. The second-order valence-corrected chi connectivity index (χ2v) is 7.75. The summed E-state index contributed by atoms with van der Waals surface area (Å²) in [6.07, 6.45) is 10.3. The quantitative estimate of drug-likeness (QED) is 0.839. The monoisotopic (exact) mass is 265 g/mol. The molecule has 2 aliphatic carbocycles. The number of nitrogens with one attached hydrogen (secondary N) is 1. The first-order valence-electron chi connectivity index (χ1n) is 8.48. The zero-order chi connectivity index (χ0) is 13.5. The van der Waals surface area contributed by atoms with Crippen LogP contribution < -0.4 is 5.32 Å². The number of ether oxygens (including phenoxy) is 1. The summed E-state index contributed by atoms with van der Waals surface area (Å²) in [6.45, 7) is 8.19. The second kappa shape index (κ2) is 5.37. The molecule has 4 atom stereocenters. The highest BCUT2D eigenvalue weighted by molar-refractivity contribution is 5.10. The summed E-state index contributed by atoms with van der Waals surface area (Å²) < 4.78 is 6.01. The van der Waals surface area contributed by atoms with Gasteiger partial charge < -0.3 is 10.1 Å². The van der Waals surface area contributed by atoms with Gasteiger partial charge in [-0.3, -0.25) is 0 Å². The Bertz CT molecular complexity index is 308. The van der Waals surface area contributed by atoms with Crippen molar-refractivity contribution in [3.05, 3.63) is 0 Å². The van der Waals surface area contributed by atoms with Crippen molar-refractivity contribution in [3.63, 3.8) is 0 Å². The number of fused-ring (bicyclic) bond motifs is 1. The summed E-state index contributed by atoms with van der Waals surface area (Å²) in [6, 6.07) is 1.36. The second-order valence-electron chi connectivity index (χ2n) is 7.75. The van der Waals surface area contributed by atoms with Gasteiger partial charge in [0.1, 0.15) is 0 Å². The largest absolute Gasteiger partial charge is 0.377 e. The molecule has 110 valence electrons. The van der Waals surface area contributed by atoms with Crippen molar-refractivity contribution in [1.29, 1.82) is 0 Å². The van der Waals surface area contributed by atoms with Crippen LogP contribution in [0.5, 0.6) is 0 Å². The fourth-order valence-electron chi connectivity index (χ4n) is 4.91. The number of hydrogen-bond donors (Lipinski definition) is 1. The number of rotatable bonds is 3. The molecule has 0 aromatic carbocycles. The Kier molecular flexibility index (Phi) is 3.92. The van der Waals surface area contributed by atoms with Crippen LogP contribution in [0.25, 0.3) is 0 Å². The van der Waals surface area contributed by atoms with Crippen LogP contribution in [0.3, 0.4) is 0 Å². The van der Waals surface area contributed by atoms with Crippen LogP contribution in [-0.4, -0.2) is 24.8 Å². The van der Waals surface area contributed by atoms with Gasteiger partial charge in [0.15, 0.2) is 0 Å². The van der Waals surface area contributed by atoms with Gasteiger partial charge in [-0.2, -0.15) is 0 Å². The van der Waals surface area contributed by atoms with E-state index in [0.717, 1.165) is 18.4 Å². The molecule has 3 aliphatic rings. The lowest BCUT2D eigenvalue weighted by atomic mass is 9.55. The van der Waals surface area contributed by atoms with Gasteiger partial charge in [-0.05, 0) is 38.5 Å². The molecule has 2 saturated carbocycles. The van der Waals surface area contributed by atoms with Crippen molar-refractivity contribution in [2.75, 3.05) is 6.61 Å². The van der Waals surface area contributed by atoms with Gasteiger partial charge in [0, 0.05) is 30.0 Å².